The zero-order valence-corrected chi connectivity index (χ0v) is 22.3. The largest absolute Gasteiger partial charge is 0.485 e. The number of carboxylic acids is 1. The summed E-state index contributed by atoms with van der Waals surface area (Å²) in [6, 6.07) is 13.0. The third kappa shape index (κ3) is 5.81. The maximum Gasteiger partial charge on any atom is 0.309 e. The average molecular weight is 523 g/mol. The molecule has 38 heavy (non-hydrogen) atoms. The van der Waals surface area contributed by atoms with Crippen molar-refractivity contribution in [2.24, 2.45) is 5.92 Å². The first-order valence-electron chi connectivity index (χ1n) is 13.0. The molecule has 1 aliphatic rings. The smallest absolute Gasteiger partial charge is 0.309 e. The van der Waals surface area contributed by atoms with Gasteiger partial charge in [-0.25, -0.2) is 9.37 Å². The van der Waals surface area contributed by atoms with Gasteiger partial charge in [0, 0.05) is 18.2 Å². The normalized spacial score (nSPS) is 16.4. The molecule has 2 N–H and O–H groups in total. The van der Waals surface area contributed by atoms with Crippen LogP contribution in [0.5, 0.6) is 11.6 Å². The molecule has 4 rings (SSSR count). The van der Waals surface area contributed by atoms with E-state index < -0.39 is 23.8 Å². The Morgan fingerprint density at radius 3 is 2.63 bits per heavy atom. The molecule has 1 unspecified atom stereocenters. The molecule has 7 nitrogen and oxygen atoms in total. The summed E-state index contributed by atoms with van der Waals surface area (Å²) >= 11 is 0. The zero-order valence-electron chi connectivity index (χ0n) is 22.3. The van der Waals surface area contributed by atoms with Crippen LogP contribution in [-0.2, 0) is 17.8 Å². The van der Waals surface area contributed by atoms with Gasteiger partial charge in [0.15, 0.2) is 0 Å². The van der Waals surface area contributed by atoms with Crippen molar-refractivity contribution in [1.29, 1.82) is 0 Å². The van der Waals surface area contributed by atoms with Crippen molar-refractivity contribution < 1.29 is 28.9 Å². The van der Waals surface area contributed by atoms with Crippen LogP contribution < -0.4 is 9.47 Å². The van der Waals surface area contributed by atoms with Crippen molar-refractivity contribution in [2.75, 3.05) is 20.2 Å². The summed E-state index contributed by atoms with van der Waals surface area (Å²) in [5.41, 5.74) is 4.71. The quantitative estimate of drug-likeness (QED) is 0.360. The van der Waals surface area contributed by atoms with Crippen molar-refractivity contribution >= 4 is 5.97 Å². The monoisotopic (exact) mass is 522 g/mol. The second-order valence-electron chi connectivity index (χ2n) is 9.67. The van der Waals surface area contributed by atoms with Crippen LogP contribution in [0.4, 0.5) is 4.39 Å². The van der Waals surface area contributed by atoms with Gasteiger partial charge in [0.05, 0.1) is 25.3 Å². The van der Waals surface area contributed by atoms with E-state index in [1.807, 2.05) is 18.2 Å². The van der Waals surface area contributed by atoms with Crippen LogP contribution in [0.25, 0.3) is 11.1 Å². The number of aliphatic hydroxyl groups is 1. The number of aryl methyl sites for hydroxylation is 1. The lowest BCUT2D eigenvalue weighted by molar-refractivity contribution is -0.145. The number of carboxylic acid groups (broad SMARTS) is 1. The summed E-state index contributed by atoms with van der Waals surface area (Å²) in [4.78, 5) is 17.6. The van der Waals surface area contributed by atoms with Gasteiger partial charge in [-0.2, -0.15) is 0 Å². The molecule has 0 fully saturated rings. The van der Waals surface area contributed by atoms with Crippen LogP contribution >= 0.6 is 0 Å². The van der Waals surface area contributed by atoms with E-state index in [-0.39, 0.29) is 6.10 Å². The maximum atomic E-state index is 14.9. The van der Waals surface area contributed by atoms with Gasteiger partial charge in [-0.05, 0) is 66.7 Å². The number of fused-ring (bicyclic) bond motifs is 1. The van der Waals surface area contributed by atoms with E-state index in [0.717, 1.165) is 48.2 Å². The van der Waals surface area contributed by atoms with E-state index in [0.29, 0.717) is 29.3 Å². The minimum atomic E-state index is -1.13. The molecule has 0 bridgehead atoms. The van der Waals surface area contributed by atoms with Gasteiger partial charge in [-0.15, -0.1) is 0 Å². The van der Waals surface area contributed by atoms with Gasteiger partial charge in [-0.1, -0.05) is 44.2 Å². The lowest BCUT2D eigenvalue weighted by Crippen LogP contribution is -2.23. The number of hydrogen-bond donors (Lipinski definition) is 2. The van der Waals surface area contributed by atoms with Crippen molar-refractivity contribution in [3.05, 3.63) is 76.7 Å². The van der Waals surface area contributed by atoms with Gasteiger partial charge in [0.1, 0.15) is 17.7 Å². The molecule has 0 saturated carbocycles. The second-order valence-corrected chi connectivity index (χ2v) is 9.67. The van der Waals surface area contributed by atoms with Crippen molar-refractivity contribution in [3.8, 4) is 22.8 Å². The third-order valence-corrected chi connectivity index (χ3v) is 7.36. The summed E-state index contributed by atoms with van der Waals surface area (Å²) in [5, 5.41) is 19.8. The first-order valence-corrected chi connectivity index (χ1v) is 13.0. The number of carbonyl (C=O) groups is 1. The molecular weight excluding hydrogens is 487 g/mol. The molecule has 0 amide bonds. The Hall–Kier alpha value is -3.49. The Balaban J connectivity index is 1.68. The molecule has 2 aromatic carbocycles. The fraction of sp³-hybridized carbons (Fsp3) is 0.400. The first-order chi connectivity index (χ1) is 18.2. The number of nitrogens with zero attached hydrogens (tertiary/aromatic N) is 2. The van der Waals surface area contributed by atoms with E-state index in [1.165, 1.54) is 20.2 Å². The molecule has 1 aromatic heterocycles. The molecule has 0 radical (unpaired) electrons. The number of aliphatic carboxylic acids is 1. The van der Waals surface area contributed by atoms with Crippen molar-refractivity contribution in [3.63, 3.8) is 0 Å². The van der Waals surface area contributed by atoms with E-state index in [2.05, 4.69) is 29.8 Å². The highest BCUT2D eigenvalue weighted by Crippen LogP contribution is 2.39. The van der Waals surface area contributed by atoms with E-state index >= 15 is 0 Å². The highest BCUT2D eigenvalue weighted by atomic mass is 19.1. The lowest BCUT2D eigenvalue weighted by atomic mass is 9.91. The molecule has 1 aliphatic heterocycles. The number of halogens is 1. The topological polar surface area (TPSA) is 92.1 Å². The molecule has 0 spiro atoms. The number of methoxy groups -OCH3 is 1. The fourth-order valence-corrected chi connectivity index (χ4v) is 4.86. The van der Waals surface area contributed by atoms with Gasteiger partial charge in [0.25, 0.3) is 0 Å². The van der Waals surface area contributed by atoms with Gasteiger partial charge >= 0.3 is 5.97 Å². The van der Waals surface area contributed by atoms with Gasteiger partial charge in [-0.3, -0.25) is 9.69 Å². The summed E-state index contributed by atoms with van der Waals surface area (Å²) in [5.74, 6) is -1.41. The molecule has 0 saturated heterocycles. The number of hydrogen-bond acceptors (Lipinski definition) is 6. The number of ether oxygens (including phenoxy) is 2. The average Bonchev–Trinajstić information content (AvgIpc) is 2.94. The van der Waals surface area contributed by atoms with Crippen molar-refractivity contribution in [2.45, 2.75) is 52.4 Å². The van der Waals surface area contributed by atoms with Crippen LogP contribution in [-0.4, -0.2) is 46.3 Å². The standard InChI is InChI=1S/C30H35FN2O5/c1-5-33(6-2)17-22-13-20(9-11-23(22)24-15-28(37-4)32-16-25(24)31)26-12-10-19-7-8-21(14-27(19)38-26)29(34)18(3)30(35)36/h7-9,11,13-16,18,26,29,34H,5-6,10,12,17H2,1-4H3,(H,35,36)/t18-,26?,29+/m0/s1. The van der Waals surface area contributed by atoms with Gasteiger partial charge < -0.3 is 19.7 Å². The predicted molar refractivity (Wildman–Crippen MR) is 143 cm³/mol. The zero-order chi connectivity index (χ0) is 27.4. The number of rotatable bonds is 10. The number of aliphatic hydroxyl groups excluding tert-OH is 1. The molecule has 202 valence electrons. The van der Waals surface area contributed by atoms with E-state index in [9.17, 15) is 19.4 Å². The second kappa shape index (κ2) is 11.9. The number of benzene rings is 2. The summed E-state index contributed by atoms with van der Waals surface area (Å²) in [7, 11) is 1.51. The SMILES string of the molecule is CCN(CC)Cc1cc(C2CCc3ccc([C@H](O)[C@H](C)C(=O)O)cc3O2)ccc1-c1cc(OC)ncc1F. The lowest BCUT2D eigenvalue weighted by Gasteiger charge is -2.29. The Labute approximate surface area is 222 Å². The van der Waals surface area contributed by atoms with Crippen LogP contribution in [0.3, 0.4) is 0 Å². The molecule has 3 atom stereocenters. The summed E-state index contributed by atoms with van der Waals surface area (Å²) in [6.07, 6.45) is 1.37. The Bertz CT molecular complexity index is 1290. The molecular formula is C30H35FN2O5. The van der Waals surface area contributed by atoms with Crippen LogP contribution in [0.15, 0.2) is 48.7 Å². The van der Waals surface area contributed by atoms with Crippen LogP contribution in [0.1, 0.15) is 61.7 Å². The molecule has 3 aromatic rings. The number of aromatic nitrogens is 1. The first kappa shape index (κ1) is 27.5. The molecule has 0 aliphatic carbocycles. The van der Waals surface area contributed by atoms with Crippen LogP contribution in [0, 0.1) is 11.7 Å². The van der Waals surface area contributed by atoms with Crippen LogP contribution in [0.2, 0.25) is 0 Å². The Kier molecular flexibility index (Phi) is 8.64. The highest BCUT2D eigenvalue weighted by molar-refractivity contribution is 5.71. The summed E-state index contributed by atoms with van der Waals surface area (Å²) in [6.45, 7) is 8.04. The van der Waals surface area contributed by atoms with Gasteiger partial charge in [0.2, 0.25) is 5.88 Å². The minimum Gasteiger partial charge on any atom is -0.485 e. The van der Waals surface area contributed by atoms with E-state index in [1.54, 1.807) is 18.2 Å². The highest BCUT2D eigenvalue weighted by Gasteiger charge is 2.27. The fourth-order valence-electron chi connectivity index (χ4n) is 4.86. The minimum absolute atomic E-state index is 0.229. The van der Waals surface area contributed by atoms with Crippen molar-refractivity contribution in [1.82, 2.24) is 9.88 Å². The third-order valence-electron chi connectivity index (χ3n) is 7.36. The Morgan fingerprint density at radius 2 is 1.95 bits per heavy atom. The summed E-state index contributed by atoms with van der Waals surface area (Å²) < 4.78 is 26.5. The predicted octanol–water partition coefficient (Wildman–Crippen LogP) is 5.56. The van der Waals surface area contributed by atoms with E-state index in [4.69, 9.17) is 9.47 Å². The Morgan fingerprint density at radius 1 is 1.18 bits per heavy atom. The molecule has 2 heterocycles. The maximum absolute atomic E-state index is 14.9. The number of pyridine rings is 1. The molecule has 8 heteroatoms.